The fraction of sp³-hybridized carbons (Fsp3) is 0.524. The molecule has 2 aliphatic rings. The molecule has 1 saturated heterocycles. The third kappa shape index (κ3) is 4.00. The molecule has 6 heteroatoms. The first-order valence-electron chi connectivity index (χ1n) is 9.93. The minimum absolute atomic E-state index is 0.433. The van der Waals surface area contributed by atoms with Crippen molar-refractivity contribution in [2.45, 2.75) is 46.1 Å². The largest absolute Gasteiger partial charge is 0.372 e. The fourth-order valence-corrected chi connectivity index (χ4v) is 4.01. The Bertz CT molecular complexity index is 786. The summed E-state index contributed by atoms with van der Waals surface area (Å²) in [6, 6.07) is 7.02. The van der Waals surface area contributed by atoms with Crippen molar-refractivity contribution in [2.24, 2.45) is 10.9 Å². The molecule has 0 bridgehead atoms. The lowest BCUT2D eigenvalue weighted by atomic mass is 9.93. The Morgan fingerprint density at radius 3 is 3.04 bits per heavy atom. The van der Waals surface area contributed by atoms with Crippen LogP contribution in [0.1, 0.15) is 43.0 Å². The van der Waals surface area contributed by atoms with Gasteiger partial charge in [0, 0.05) is 32.0 Å². The van der Waals surface area contributed by atoms with Gasteiger partial charge in [0.15, 0.2) is 5.96 Å². The molecule has 1 aromatic carbocycles. The Kier molecular flexibility index (Phi) is 5.43. The van der Waals surface area contributed by atoms with Gasteiger partial charge in [-0.2, -0.15) is 0 Å². The molecular weight excluding hydrogens is 338 g/mol. The van der Waals surface area contributed by atoms with E-state index in [-0.39, 0.29) is 0 Å². The Morgan fingerprint density at radius 1 is 1.33 bits per heavy atom. The third-order valence-corrected chi connectivity index (χ3v) is 5.66. The molecule has 0 spiro atoms. The van der Waals surface area contributed by atoms with Gasteiger partial charge >= 0.3 is 0 Å². The Morgan fingerprint density at radius 2 is 2.22 bits per heavy atom. The molecule has 0 radical (unpaired) electrons. The van der Waals surface area contributed by atoms with Crippen LogP contribution in [0.15, 0.2) is 41.9 Å². The van der Waals surface area contributed by atoms with E-state index in [0.717, 1.165) is 45.2 Å². The quantitative estimate of drug-likeness (QED) is 0.667. The van der Waals surface area contributed by atoms with Crippen LogP contribution in [-0.4, -0.2) is 40.0 Å². The van der Waals surface area contributed by atoms with Gasteiger partial charge in [0.1, 0.15) is 0 Å². The summed E-state index contributed by atoms with van der Waals surface area (Å²) in [5.74, 6) is 1.64. The number of hydrogen-bond acceptors (Lipinski definition) is 3. The molecule has 0 aliphatic carbocycles. The van der Waals surface area contributed by atoms with Crippen LogP contribution in [0.2, 0.25) is 0 Å². The number of guanidine groups is 1. The summed E-state index contributed by atoms with van der Waals surface area (Å²) in [7, 11) is 0. The molecule has 2 unspecified atom stereocenters. The number of imidazole rings is 1. The second-order valence-electron chi connectivity index (χ2n) is 7.56. The molecule has 4 rings (SSSR count). The number of aromatic nitrogens is 2. The summed E-state index contributed by atoms with van der Waals surface area (Å²) in [6.45, 7) is 9.49. The minimum atomic E-state index is 0.433. The van der Waals surface area contributed by atoms with E-state index >= 15 is 0 Å². The molecule has 0 saturated carbocycles. The number of rotatable bonds is 4. The number of ether oxygens (including phenoxy) is 1. The molecule has 2 aliphatic heterocycles. The van der Waals surface area contributed by atoms with Crippen LogP contribution in [0.4, 0.5) is 0 Å². The van der Waals surface area contributed by atoms with Gasteiger partial charge in [-0.05, 0) is 36.0 Å². The van der Waals surface area contributed by atoms with E-state index in [9.17, 15) is 0 Å². The number of aliphatic imine (C=N–C) groups is 1. The van der Waals surface area contributed by atoms with Crippen molar-refractivity contribution in [2.75, 3.05) is 19.6 Å². The van der Waals surface area contributed by atoms with Gasteiger partial charge in [-0.25, -0.2) is 9.98 Å². The highest BCUT2D eigenvalue weighted by Crippen LogP contribution is 2.27. The summed E-state index contributed by atoms with van der Waals surface area (Å²) in [5.41, 5.74) is 3.86. The van der Waals surface area contributed by atoms with Gasteiger partial charge in [-0.1, -0.05) is 25.1 Å². The van der Waals surface area contributed by atoms with Crippen LogP contribution in [0, 0.1) is 5.92 Å². The lowest BCUT2D eigenvalue weighted by Gasteiger charge is -2.39. The summed E-state index contributed by atoms with van der Waals surface area (Å²) in [5, 5.41) is 3.48. The maximum absolute atomic E-state index is 5.52. The van der Waals surface area contributed by atoms with Crippen LogP contribution in [0.25, 0.3) is 0 Å². The molecular formula is C21H29N5O. The zero-order chi connectivity index (χ0) is 18.6. The van der Waals surface area contributed by atoms with Crippen molar-refractivity contribution in [1.29, 1.82) is 0 Å². The smallest absolute Gasteiger partial charge is 0.194 e. The van der Waals surface area contributed by atoms with E-state index in [4.69, 9.17) is 9.73 Å². The van der Waals surface area contributed by atoms with Crippen molar-refractivity contribution in [3.8, 4) is 0 Å². The van der Waals surface area contributed by atoms with Gasteiger partial charge in [-0.15, -0.1) is 0 Å². The molecule has 0 amide bonds. The lowest BCUT2D eigenvalue weighted by Crippen LogP contribution is -2.49. The number of piperidine rings is 1. The van der Waals surface area contributed by atoms with Crippen molar-refractivity contribution in [3.05, 3.63) is 53.6 Å². The zero-order valence-electron chi connectivity index (χ0n) is 16.3. The summed E-state index contributed by atoms with van der Waals surface area (Å²) < 4.78 is 7.76. The number of benzene rings is 1. The highest BCUT2D eigenvalue weighted by Gasteiger charge is 2.28. The van der Waals surface area contributed by atoms with Gasteiger partial charge < -0.3 is 19.5 Å². The van der Waals surface area contributed by atoms with E-state index in [1.54, 1.807) is 0 Å². The van der Waals surface area contributed by atoms with Crippen LogP contribution in [-0.2, 0) is 24.5 Å². The number of hydrogen-bond donors (Lipinski definition) is 1. The normalized spacial score (nSPS) is 22.7. The molecule has 1 aromatic heterocycles. The van der Waals surface area contributed by atoms with E-state index in [0.29, 0.717) is 18.5 Å². The van der Waals surface area contributed by atoms with Gasteiger partial charge in [0.2, 0.25) is 0 Å². The average Bonchev–Trinajstić information content (AvgIpc) is 3.37. The number of likely N-dealkylation sites (tertiary alicyclic amines) is 1. The molecule has 2 atom stereocenters. The van der Waals surface area contributed by atoms with Crippen LogP contribution in [0.3, 0.4) is 0 Å². The van der Waals surface area contributed by atoms with Gasteiger partial charge in [-0.3, -0.25) is 0 Å². The monoisotopic (exact) mass is 367 g/mol. The fourth-order valence-electron chi connectivity index (χ4n) is 4.01. The first-order chi connectivity index (χ1) is 13.2. The van der Waals surface area contributed by atoms with Crippen LogP contribution < -0.4 is 5.32 Å². The summed E-state index contributed by atoms with van der Waals surface area (Å²) >= 11 is 0. The maximum atomic E-state index is 5.52. The molecule has 1 fully saturated rings. The highest BCUT2D eigenvalue weighted by atomic mass is 16.5. The SMILES string of the molecule is CCNC(=NCc1ccc2c(c1)COC2)N1CCC(C)C(n2ccnc2)C1. The molecule has 2 aromatic rings. The number of nitrogens with one attached hydrogen (secondary N) is 1. The minimum Gasteiger partial charge on any atom is -0.372 e. The number of fused-ring (bicyclic) bond motifs is 1. The van der Waals surface area contributed by atoms with Gasteiger partial charge in [0.05, 0.1) is 32.1 Å². The van der Waals surface area contributed by atoms with E-state index in [2.05, 4.69) is 58.0 Å². The lowest BCUT2D eigenvalue weighted by molar-refractivity contribution is 0.134. The summed E-state index contributed by atoms with van der Waals surface area (Å²) in [4.78, 5) is 11.6. The second kappa shape index (κ2) is 8.13. The molecule has 144 valence electrons. The first-order valence-corrected chi connectivity index (χ1v) is 9.93. The van der Waals surface area contributed by atoms with E-state index in [1.165, 1.54) is 16.7 Å². The predicted molar refractivity (Wildman–Crippen MR) is 106 cm³/mol. The Balaban J connectivity index is 1.48. The van der Waals surface area contributed by atoms with Crippen LogP contribution in [0.5, 0.6) is 0 Å². The Labute approximate surface area is 161 Å². The average molecular weight is 367 g/mol. The van der Waals surface area contributed by atoms with Crippen molar-refractivity contribution < 1.29 is 4.74 Å². The van der Waals surface area contributed by atoms with E-state index in [1.807, 2.05) is 12.5 Å². The zero-order valence-corrected chi connectivity index (χ0v) is 16.3. The third-order valence-electron chi connectivity index (χ3n) is 5.66. The van der Waals surface area contributed by atoms with Crippen molar-refractivity contribution in [3.63, 3.8) is 0 Å². The topological polar surface area (TPSA) is 54.7 Å². The standard InChI is InChI=1S/C21H29N5O/c1-3-23-21(24-11-17-4-5-18-13-27-14-19(18)10-17)25-8-6-16(2)20(12-25)26-9-7-22-15-26/h4-5,7,9-10,15-16,20H,3,6,8,11-14H2,1-2H3,(H,23,24). The van der Waals surface area contributed by atoms with Gasteiger partial charge in [0.25, 0.3) is 0 Å². The Hall–Kier alpha value is -2.34. The van der Waals surface area contributed by atoms with Crippen molar-refractivity contribution >= 4 is 5.96 Å². The number of nitrogens with zero attached hydrogens (tertiary/aromatic N) is 4. The molecule has 6 nitrogen and oxygen atoms in total. The predicted octanol–water partition coefficient (Wildman–Crippen LogP) is 2.96. The van der Waals surface area contributed by atoms with Crippen molar-refractivity contribution in [1.82, 2.24) is 19.8 Å². The summed E-state index contributed by atoms with van der Waals surface area (Å²) in [6.07, 6.45) is 7.02. The molecule has 27 heavy (non-hydrogen) atoms. The maximum Gasteiger partial charge on any atom is 0.194 e. The molecule has 3 heterocycles. The van der Waals surface area contributed by atoms with Crippen LogP contribution >= 0.6 is 0 Å². The second-order valence-corrected chi connectivity index (χ2v) is 7.56. The first kappa shape index (κ1) is 18.0. The van der Waals surface area contributed by atoms with E-state index < -0.39 is 0 Å². The highest BCUT2D eigenvalue weighted by molar-refractivity contribution is 5.80. The molecule has 1 N–H and O–H groups in total.